The van der Waals surface area contributed by atoms with Gasteiger partial charge in [0, 0.05) is 0 Å². The third-order valence-corrected chi connectivity index (χ3v) is 2.48. The summed E-state index contributed by atoms with van der Waals surface area (Å²) in [4.78, 5) is 22.9. The lowest BCUT2D eigenvalue weighted by Gasteiger charge is -2.23. The topological polar surface area (TPSA) is 64.6 Å². The van der Waals surface area contributed by atoms with Crippen LogP contribution in [0.25, 0.3) is 0 Å². The van der Waals surface area contributed by atoms with E-state index < -0.39 is 17.9 Å². The molecule has 0 aromatic heterocycles. The lowest BCUT2D eigenvalue weighted by molar-refractivity contribution is -0.122. The molecule has 0 saturated heterocycles. The second-order valence-electron chi connectivity index (χ2n) is 3.80. The molecule has 1 heterocycles. The third kappa shape index (κ3) is 2.13. The number of nitrogens with one attached hydrogen (secondary N) is 1. The highest BCUT2D eigenvalue weighted by Crippen LogP contribution is 2.33. The Kier molecular flexibility index (Phi) is 3.18. The van der Waals surface area contributed by atoms with Crippen LogP contribution in [0.1, 0.15) is 24.2 Å². The van der Waals surface area contributed by atoms with E-state index in [0.29, 0.717) is 0 Å². The molecule has 1 atom stereocenters. The molecule has 1 aliphatic heterocycles. The van der Waals surface area contributed by atoms with Crippen LogP contribution in [0.3, 0.4) is 0 Å². The Hall–Kier alpha value is -2.11. The second kappa shape index (κ2) is 4.64. The Balaban J connectivity index is 2.40. The summed E-state index contributed by atoms with van der Waals surface area (Å²) >= 11 is 0. The Labute approximate surface area is 103 Å². The van der Waals surface area contributed by atoms with Gasteiger partial charge in [-0.1, -0.05) is 0 Å². The molecule has 0 bridgehead atoms. The van der Waals surface area contributed by atoms with E-state index in [0.717, 1.165) is 6.07 Å². The monoisotopic (exact) mass is 253 g/mol. The number of hydrogen-bond donors (Lipinski definition) is 1. The quantitative estimate of drug-likeness (QED) is 0.815. The van der Waals surface area contributed by atoms with Crippen LogP contribution in [-0.4, -0.2) is 24.6 Å². The SMILES string of the molecule is CCOC(=O)c1cc(F)c2c(c1)NC(=O)C(C)O2. The molecule has 0 spiro atoms. The van der Waals surface area contributed by atoms with Gasteiger partial charge in [0.2, 0.25) is 0 Å². The Morgan fingerprint density at radius 3 is 2.94 bits per heavy atom. The fourth-order valence-electron chi connectivity index (χ4n) is 1.60. The molecule has 1 aromatic carbocycles. The zero-order valence-electron chi connectivity index (χ0n) is 9.95. The van der Waals surface area contributed by atoms with Gasteiger partial charge < -0.3 is 14.8 Å². The summed E-state index contributed by atoms with van der Waals surface area (Å²) in [5.74, 6) is -1.80. The van der Waals surface area contributed by atoms with Crippen LogP contribution >= 0.6 is 0 Å². The van der Waals surface area contributed by atoms with Crippen molar-refractivity contribution in [1.29, 1.82) is 0 Å². The van der Waals surface area contributed by atoms with Crippen LogP contribution in [0.15, 0.2) is 12.1 Å². The van der Waals surface area contributed by atoms with Crippen LogP contribution < -0.4 is 10.1 Å². The number of fused-ring (bicyclic) bond motifs is 1. The van der Waals surface area contributed by atoms with Crippen molar-refractivity contribution in [2.45, 2.75) is 20.0 Å². The molecule has 18 heavy (non-hydrogen) atoms. The number of amides is 1. The Morgan fingerprint density at radius 2 is 2.28 bits per heavy atom. The molecular formula is C12H12FNO4. The smallest absolute Gasteiger partial charge is 0.338 e. The molecule has 5 nitrogen and oxygen atoms in total. The van der Waals surface area contributed by atoms with Crippen LogP contribution in [-0.2, 0) is 9.53 Å². The molecule has 0 aliphatic carbocycles. The third-order valence-electron chi connectivity index (χ3n) is 2.48. The lowest BCUT2D eigenvalue weighted by Crippen LogP contribution is -2.35. The van der Waals surface area contributed by atoms with Gasteiger partial charge >= 0.3 is 5.97 Å². The maximum absolute atomic E-state index is 13.7. The molecule has 1 N–H and O–H groups in total. The summed E-state index contributed by atoms with van der Waals surface area (Å²) in [6.45, 7) is 3.35. The summed E-state index contributed by atoms with van der Waals surface area (Å²) in [7, 11) is 0. The van der Waals surface area contributed by atoms with Gasteiger partial charge in [0.1, 0.15) is 0 Å². The van der Waals surface area contributed by atoms with Gasteiger partial charge in [-0.2, -0.15) is 0 Å². The Morgan fingerprint density at radius 1 is 1.56 bits per heavy atom. The summed E-state index contributed by atoms with van der Waals surface area (Å²) < 4.78 is 23.6. The first-order valence-corrected chi connectivity index (χ1v) is 5.51. The van der Waals surface area contributed by atoms with E-state index in [9.17, 15) is 14.0 Å². The summed E-state index contributed by atoms with van der Waals surface area (Å²) in [6.07, 6.45) is -0.763. The average molecular weight is 253 g/mol. The lowest BCUT2D eigenvalue weighted by atomic mass is 10.1. The van der Waals surface area contributed by atoms with Crippen LogP contribution in [0, 0.1) is 5.82 Å². The highest BCUT2D eigenvalue weighted by molar-refractivity contribution is 5.99. The minimum atomic E-state index is -0.763. The average Bonchev–Trinajstić information content (AvgIpc) is 2.32. The van der Waals surface area contributed by atoms with Gasteiger partial charge in [0.15, 0.2) is 17.7 Å². The van der Waals surface area contributed by atoms with Gasteiger partial charge in [-0.25, -0.2) is 9.18 Å². The van der Waals surface area contributed by atoms with E-state index in [-0.39, 0.29) is 29.5 Å². The largest absolute Gasteiger partial charge is 0.476 e. The predicted molar refractivity (Wildman–Crippen MR) is 61.1 cm³/mol. The fourth-order valence-corrected chi connectivity index (χ4v) is 1.60. The first-order valence-electron chi connectivity index (χ1n) is 5.51. The van der Waals surface area contributed by atoms with Crippen molar-refractivity contribution in [3.63, 3.8) is 0 Å². The minimum Gasteiger partial charge on any atom is -0.476 e. The number of ether oxygens (including phenoxy) is 2. The van der Waals surface area contributed by atoms with E-state index in [1.165, 1.54) is 13.0 Å². The fraction of sp³-hybridized carbons (Fsp3) is 0.333. The van der Waals surface area contributed by atoms with Crippen molar-refractivity contribution in [2.24, 2.45) is 0 Å². The van der Waals surface area contributed by atoms with Crippen molar-refractivity contribution in [1.82, 2.24) is 0 Å². The highest BCUT2D eigenvalue weighted by atomic mass is 19.1. The maximum Gasteiger partial charge on any atom is 0.338 e. The predicted octanol–water partition coefficient (Wildman–Crippen LogP) is 1.72. The zero-order chi connectivity index (χ0) is 13.3. The van der Waals surface area contributed by atoms with E-state index in [1.807, 2.05) is 0 Å². The Bertz CT molecular complexity index is 515. The molecule has 1 aliphatic rings. The standard InChI is InChI=1S/C12H12FNO4/c1-3-17-12(16)7-4-8(13)10-9(5-7)14-11(15)6(2)18-10/h4-6H,3H2,1-2H3,(H,14,15). The molecule has 1 unspecified atom stereocenters. The van der Waals surface area contributed by atoms with E-state index in [4.69, 9.17) is 9.47 Å². The number of rotatable bonds is 2. The molecular weight excluding hydrogens is 241 g/mol. The number of hydrogen-bond acceptors (Lipinski definition) is 4. The number of benzene rings is 1. The second-order valence-corrected chi connectivity index (χ2v) is 3.80. The van der Waals surface area contributed by atoms with Crippen molar-refractivity contribution in [2.75, 3.05) is 11.9 Å². The van der Waals surface area contributed by atoms with Crippen LogP contribution in [0.5, 0.6) is 5.75 Å². The number of carbonyl (C=O) groups excluding carboxylic acids is 2. The normalized spacial score (nSPS) is 17.5. The molecule has 0 saturated carbocycles. The van der Waals surface area contributed by atoms with Crippen molar-refractivity contribution in [3.8, 4) is 5.75 Å². The van der Waals surface area contributed by atoms with Gasteiger partial charge in [-0.3, -0.25) is 4.79 Å². The number of halogens is 1. The van der Waals surface area contributed by atoms with Crippen molar-refractivity contribution in [3.05, 3.63) is 23.5 Å². The molecule has 0 radical (unpaired) electrons. The molecule has 96 valence electrons. The summed E-state index contributed by atoms with van der Waals surface area (Å²) in [5, 5.41) is 2.48. The number of esters is 1. The van der Waals surface area contributed by atoms with Crippen LogP contribution in [0.2, 0.25) is 0 Å². The summed E-state index contributed by atoms with van der Waals surface area (Å²) in [5.41, 5.74) is 0.174. The van der Waals surface area contributed by atoms with Gasteiger partial charge in [0.05, 0.1) is 17.9 Å². The first-order chi connectivity index (χ1) is 8.52. The number of carbonyl (C=O) groups is 2. The molecule has 6 heteroatoms. The molecule has 1 amide bonds. The highest BCUT2D eigenvalue weighted by Gasteiger charge is 2.27. The van der Waals surface area contributed by atoms with Crippen molar-refractivity contribution >= 4 is 17.6 Å². The maximum atomic E-state index is 13.7. The summed E-state index contributed by atoms with van der Waals surface area (Å²) in [6, 6.07) is 2.36. The zero-order valence-corrected chi connectivity index (χ0v) is 9.95. The number of anilines is 1. The minimum absolute atomic E-state index is 0.0338. The van der Waals surface area contributed by atoms with E-state index in [1.54, 1.807) is 6.92 Å². The molecule has 1 aromatic rings. The molecule has 2 rings (SSSR count). The molecule has 0 fully saturated rings. The van der Waals surface area contributed by atoms with E-state index in [2.05, 4.69) is 5.32 Å². The van der Waals surface area contributed by atoms with Gasteiger partial charge in [0.25, 0.3) is 5.91 Å². The van der Waals surface area contributed by atoms with Crippen LogP contribution in [0.4, 0.5) is 10.1 Å². The van der Waals surface area contributed by atoms with E-state index >= 15 is 0 Å². The van der Waals surface area contributed by atoms with Crippen molar-refractivity contribution < 1.29 is 23.5 Å². The van der Waals surface area contributed by atoms with Gasteiger partial charge in [-0.05, 0) is 26.0 Å². The first kappa shape index (κ1) is 12.3. The van der Waals surface area contributed by atoms with Gasteiger partial charge in [-0.15, -0.1) is 0 Å².